The number of thioether (sulfide) groups is 1. The number of nitrogens with zero attached hydrogens (tertiary/aromatic N) is 2. The van der Waals surface area contributed by atoms with E-state index >= 15 is 0 Å². The molecule has 1 aliphatic heterocycles. The molecule has 134 valence electrons. The van der Waals surface area contributed by atoms with E-state index in [0.717, 1.165) is 35.1 Å². The zero-order valence-electron chi connectivity index (χ0n) is 14.3. The van der Waals surface area contributed by atoms with Crippen LogP contribution in [0, 0.1) is 5.82 Å². The minimum atomic E-state index is -0.382. The number of hydrogen-bond acceptors (Lipinski definition) is 5. The van der Waals surface area contributed by atoms with Crippen LogP contribution in [0.2, 0.25) is 0 Å². The summed E-state index contributed by atoms with van der Waals surface area (Å²) in [6.45, 7) is 2.68. The molecule has 0 saturated carbocycles. The van der Waals surface area contributed by atoms with Crippen molar-refractivity contribution in [3.63, 3.8) is 0 Å². The number of benzene rings is 2. The van der Waals surface area contributed by atoms with Crippen LogP contribution in [-0.4, -0.2) is 29.1 Å². The van der Waals surface area contributed by atoms with Crippen molar-refractivity contribution in [3.8, 4) is 0 Å². The molecule has 0 aromatic heterocycles. The number of rotatable bonds is 4. The van der Waals surface area contributed by atoms with E-state index in [2.05, 4.69) is 20.8 Å². The highest BCUT2D eigenvalue weighted by Gasteiger charge is 2.07. The van der Waals surface area contributed by atoms with Crippen molar-refractivity contribution < 1.29 is 9.18 Å². The lowest BCUT2D eigenvalue weighted by molar-refractivity contribution is 0.0955. The quantitative estimate of drug-likeness (QED) is 0.634. The maximum absolute atomic E-state index is 12.9. The fraction of sp³-hybridized carbons (Fsp3) is 0.211. The Bertz CT molecular complexity index is 832. The third kappa shape index (κ3) is 4.92. The monoisotopic (exact) mass is 370 g/mol. The smallest absolute Gasteiger partial charge is 0.271 e. The summed E-state index contributed by atoms with van der Waals surface area (Å²) in [4.78, 5) is 16.4. The van der Waals surface area contributed by atoms with E-state index in [1.54, 1.807) is 11.8 Å². The lowest BCUT2D eigenvalue weighted by Gasteiger charge is -2.13. The summed E-state index contributed by atoms with van der Waals surface area (Å²) in [5.41, 5.74) is 5.38. The van der Waals surface area contributed by atoms with Crippen LogP contribution in [0.5, 0.6) is 0 Å². The summed E-state index contributed by atoms with van der Waals surface area (Å²) in [6.07, 6.45) is 1.12. The standard InChI is InChI=1S/C19H19FN4OS/c1-13(23-24-18(25)15-3-7-16(20)8-4-15)14-5-9-17(10-6-14)22-19-21-11-2-12-26-19/h3-10H,2,11-12H2,1H3,(H,21,22)(H,24,25)/b23-13-. The number of hydrogen-bond donors (Lipinski definition) is 2. The molecule has 1 amide bonds. The van der Waals surface area contributed by atoms with Gasteiger partial charge in [0.1, 0.15) is 5.82 Å². The minimum absolute atomic E-state index is 0.355. The number of carbonyl (C=O) groups excluding carboxylic acids is 1. The van der Waals surface area contributed by atoms with Crippen molar-refractivity contribution in [2.24, 2.45) is 10.1 Å². The normalized spacial score (nSPS) is 14.5. The van der Waals surface area contributed by atoms with Crippen molar-refractivity contribution in [3.05, 3.63) is 65.5 Å². The zero-order chi connectivity index (χ0) is 18.4. The first-order valence-corrected chi connectivity index (χ1v) is 9.25. The molecule has 2 aromatic rings. The van der Waals surface area contributed by atoms with Gasteiger partial charge in [0, 0.05) is 23.5 Å². The van der Waals surface area contributed by atoms with Gasteiger partial charge >= 0.3 is 0 Å². The fourth-order valence-electron chi connectivity index (χ4n) is 2.32. The van der Waals surface area contributed by atoms with Gasteiger partial charge in [-0.15, -0.1) is 0 Å². The molecule has 3 rings (SSSR count). The van der Waals surface area contributed by atoms with Crippen molar-refractivity contribution in [1.82, 2.24) is 5.43 Å². The molecule has 26 heavy (non-hydrogen) atoms. The highest BCUT2D eigenvalue weighted by molar-refractivity contribution is 8.14. The Morgan fingerprint density at radius 2 is 1.81 bits per heavy atom. The molecule has 0 bridgehead atoms. The van der Waals surface area contributed by atoms with E-state index in [1.165, 1.54) is 24.3 Å². The molecule has 0 spiro atoms. The predicted octanol–water partition coefficient (Wildman–Crippen LogP) is 3.88. The molecule has 1 heterocycles. The molecule has 5 nitrogen and oxygen atoms in total. The van der Waals surface area contributed by atoms with Crippen molar-refractivity contribution >= 4 is 34.2 Å². The Morgan fingerprint density at radius 3 is 2.46 bits per heavy atom. The third-order valence-corrected chi connectivity index (χ3v) is 4.78. The number of aliphatic imine (C=N–C) groups is 1. The first-order valence-electron chi connectivity index (χ1n) is 8.27. The van der Waals surface area contributed by atoms with Crippen LogP contribution >= 0.6 is 11.8 Å². The van der Waals surface area contributed by atoms with Crippen molar-refractivity contribution in [1.29, 1.82) is 0 Å². The largest absolute Gasteiger partial charge is 0.335 e. The molecule has 2 N–H and O–H groups in total. The third-order valence-electron chi connectivity index (χ3n) is 3.78. The Morgan fingerprint density at radius 1 is 1.12 bits per heavy atom. The van der Waals surface area contributed by atoms with E-state index in [0.29, 0.717) is 11.3 Å². The van der Waals surface area contributed by atoms with E-state index in [9.17, 15) is 9.18 Å². The maximum atomic E-state index is 12.9. The number of nitrogens with one attached hydrogen (secondary N) is 2. The summed E-state index contributed by atoms with van der Waals surface area (Å²) in [6, 6.07) is 13.1. The highest BCUT2D eigenvalue weighted by Crippen LogP contribution is 2.17. The molecule has 0 radical (unpaired) electrons. The predicted molar refractivity (Wildman–Crippen MR) is 106 cm³/mol. The highest BCUT2D eigenvalue weighted by atomic mass is 32.2. The molecule has 0 saturated heterocycles. The average Bonchev–Trinajstić information content (AvgIpc) is 2.68. The second-order valence-electron chi connectivity index (χ2n) is 5.74. The molecule has 0 atom stereocenters. The Hall–Kier alpha value is -2.67. The van der Waals surface area contributed by atoms with Gasteiger partial charge in [0.25, 0.3) is 5.91 Å². The summed E-state index contributed by atoms with van der Waals surface area (Å²) >= 11 is 1.72. The van der Waals surface area contributed by atoms with Gasteiger partial charge in [-0.2, -0.15) is 5.10 Å². The Kier molecular flexibility index (Phi) is 6.01. The lowest BCUT2D eigenvalue weighted by Crippen LogP contribution is -2.19. The van der Waals surface area contributed by atoms with Gasteiger partial charge in [0.15, 0.2) is 5.17 Å². The van der Waals surface area contributed by atoms with Crippen molar-refractivity contribution in [2.45, 2.75) is 13.3 Å². The molecular formula is C19H19FN4OS. The lowest BCUT2D eigenvalue weighted by atomic mass is 10.1. The van der Waals surface area contributed by atoms with E-state index < -0.39 is 0 Å². The van der Waals surface area contributed by atoms with Crippen LogP contribution in [-0.2, 0) is 0 Å². The van der Waals surface area contributed by atoms with Gasteiger partial charge < -0.3 is 5.32 Å². The Balaban J connectivity index is 1.60. The van der Waals surface area contributed by atoms with Crippen LogP contribution in [0.15, 0.2) is 58.6 Å². The number of halogens is 1. The first-order chi connectivity index (χ1) is 12.6. The topological polar surface area (TPSA) is 65.8 Å². The van der Waals surface area contributed by atoms with E-state index in [4.69, 9.17) is 0 Å². The minimum Gasteiger partial charge on any atom is -0.335 e. The molecule has 7 heteroatoms. The SMILES string of the molecule is C/C(=N/NC(=O)c1ccc(F)cc1)c1ccc(NC2=NCCCS2)cc1. The van der Waals surface area contributed by atoms with Gasteiger partial charge in [-0.05, 0) is 55.3 Å². The van der Waals surface area contributed by atoms with Crippen LogP contribution in [0.1, 0.15) is 29.3 Å². The summed E-state index contributed by atoms with van der Waals surface area (Å²) in [7, 11) is 0. The van der Waals surface area contributed by atoms with Crippen LogP contribution in [0.3, 0.4) is 0 Å². The molecule has 0 fully saturated rings. The molecule has 0 aliphatic carbocycles. The van der Waals surface area contributed by atoms with Crippen LogP contribution in [0.25, 0.3) is 0 Å². The van der Waals surface area contributed by atoms with E-state index in [-0.39, 0.29) is 11.7 Å². The number of hydrazone groups is 1. The second kappa shape index (κ2) is 8.62. The zero-order valence-corrected chi connectivity index (χ0v) is 15.1. The van der Waals surface area contributed by atoms with Gasteiger partial charge in [0.05, 0.1) is 5.71 Å². The van der Waals surface area contributed by atoms with Gasteiger partial charge in [-0.1, -0.05) is 23.9 Å². The fourth-order valence-corrected chi connectivity index (χ4v) is 3.16. The maximum Gasteiger partial charge on any atom is 0.271 e. The van der Waals surface area contributed by atoms with Gasteiger partial charge in [-0.25, -0.2) is 9.82 Å². The molecule has 1 aliphatic rings. The number of amides is 1. The molecule has 2 aromatic carbocycles. The number of amidine groups is 1. The summed E-state index contributed by atoms with van der Waals surface area (Å²) < 4.78 is 12.9. The first kappa shape index (κ1) is 18.1. The van der Waals surface area contributed by atoms with Gasteiger partial charge in [-0.3, -0.25) is 9.79 Å². The molecular weight excluding hydrogens is 351 g/mol. The summed E-state index contributed by atoms with van der Waals surface area (Å²) in [5.74, 6) is 0.325. The van der Waals surface area contributed by atoms with E-state index in [1.807, 2.05) is 31.2 Å². The summed E-state index contributed by atoms with van der Waals surface area (Å²) in [5, 5.41) is 8.35. The Labute approximate surface area is 155 Å². The van der Waals surface area contributed by atoms with Crippen LogP contribution < -0.4 is 10.7 Å². The second-order valence-corrected chi connectivity index (χ2v) is 6.82. The number of carbonyl (C=O) groups is 1. The number of anilines is 1. The average molecular weight is 370 g/mol. The van der Waals surface area contributed by atoms with Gasteiger partial charge in [0.2, 0.25) is 0 Å². The van der Waals surface area contributed by atoms with Crippen molar-refractivity contribution in [2.75, 3.05) is 17.6 Å². The van der Waals surface area contributed by atoms with Crippen LogP contribution in [0.4, 0.5) is 10.1 Å². The molecule has 0 unspecified atom stereocenters.